The van der Waals surface area contributed by atoms with Crippen LogP contribution in [0, 0.1) is 0 Å². The van der Waals surface area contributed by atoms with E-state index in [-0.39, 0.29) is 19.1 Å². The third-order valence-electron chi connectivity index (χ3n) is 0.853. The van der Waals surface area contributed by atoms with Crippen LogP contribution in [-0.2, 0) is 15.2 Å². The lowest BCUT2D eigenvalue weighted by atomic mass is 10.5. The Bertz CT molecular complexity index is 163. The zero-order valence-electron chi connectivity index (χ0n) is 5.63. The highest BCUT2D eigenvalue weighted by molar-refractivity contribution is 7.67. The first-order valence-electron chi connectivity index (χ1n) is 2.86. The summed E-state index contributed by atoms with van der Waals surface area (Å²) in [5.74, 6) is 0. The Labute approximate surface area is 66.6 Å². The molecule has 11 heavy (non-hydrogen) atoms. The first-order valence-corrected chi connectivity index (χ1v) is 6.00. The molecule has 0 saturated heterocycles. The van der Waals surface area contributed by atoms with Crippen LogP contribution in [0.3, 0.4) is 0 Å². The van der Waals surface area contributed by atoms with Gasteiger partial charge in [-0.1, -0.05) is 0 Å². The highest BCUT2D eigenvalue weighted by Crippen LogP contribution is 2.00. The topological polar surface area (TPSA) is 104 Å². The molecule has 0 radical (unpaired) electrons. The van der Waals surface area contributed by atoms with Crippen molar-refractivity contribution in [2.75, 3.05) is 6.61 Å². The van der Waals surface area contributed by atoms with Crippen molar-refractivity contribution >= 4 is 19.8 Å². The normalized spacial score (nSPS) is 12.4. The lowest BCUT2D eigenvalue weighted by Gasteiger charge is -2.06. The van der Waals surface area contributed by atoms with E-state index in [0.29, 0.717) is 0 Å². The fourth-order valence-electron chi connectivity index (χ4n) is 0.448. The van der Waals surface area contributed by atoms with Gasteiger partial charge in [0.25, 0.3) is 11.0 Å². The van der Waals surface area contributed by atoms with Crippen molar-refractivity contribution in [2.24, 2.45) is 0 Å². The predicted octanol–water partition coefficient (Wildman–Crippen LogP) is -2.16. The van der Waals surface area contributed by atoms with Gasteiger partial charge in [-0.3, -0.25) is 4.18 Å². The van der Waals surface area contributed by atoms with Gasteiger partial charge < -0.3 is 14.4 Å². The summed E-state index contributed by atoms with van der Waals surface area (Å²) in [6.07, 6.45) is 0.110. The predicted molar refractivity (Wildman–Crippen MR) is 38.1 cm³/mol. The maximum absolute atomic E-state index is 9.76. The fraction of sp³-hybridized carbons (Fsp3) is 1.00. The van der Waals surface area contributed by atoms with Crippen LogP contribution in [0.15, 0.2) is 0 Å². The summed E-state index contributed by atoms with van der Waals surface area (Å²) < 4.78 is 23.6. The van der Waals surface area contributed by atoms with Crippen LogP contribution in [0.1, 0.15) is 6.42 Å². The first-order chi connectivity index (χ1) is 4.92. The van der Waals surface area contributed by atoms with Gasteiger partial charge in [0.15, 0.2) is 0 Å². The first kappa shape index (κ1) is 11.0. The highest BCUT2D eigenvalue weighted by atomic mass is 32.2. The summed E-state index contributed by atoms with van der Waals surface area (Å²) in [4.78, 5) is 25.3. The Morgan fingerprint density at radius 1 is 1.27 bits per heavy atom. The molecule has 0 saturated carbocycles. The Balaban J connectivity index is 3.29. The van der Waals surface area contributed by atoms with Crippen LogP contribution in [-0.4, -0.2) is 38.2 Å². The zero-order chi connectivity index (χ0) is 8.91. The Hall–Kier alpha value is 0.00688. The van der Waals surface area contributed by atoms with E-state index in [2.05, 4.69) is 4.18 Å². The highest BCUT2D eigenvalue weighted by Gasteiger charge is 2.25. The number of hydrogen-bond donors (Lipinski definition) is 4. The van der Waals surface area contributed by atoms with Crippen LogP contribution in [0.2, 0.25) is 6.04 Å². The molecule has 0 aliphatic carbocycles. The third-order valence-corrected chi connectivity index (χ3v) is 2.27. The molecule has 0 spiro atoms. The van der Waals surface area contributed by atoms with Crippen molar-refractivity contribution in [2.45, 2.75) is 12.5 Å². The van der Waals surface area contributed by atoms with Crippen molar-refractivity contribution in [3.8, 4) is 0 Å². The molecule has 0 amide bonds. The van der Waals surface area contributed by atoms with E-state index in [1.165, 1.54) is 0 Å². The molecule has 8 heteroatoms. The average molecular weight is 202 g/mol. The second kappa shape index (κ2) is 4.80. The molecule has 68 valence electrons. The van der Waals surface area contributed by atoms with Crippen LogP contribution < -0.4 is 0 Å². The maximum atomic E-state index is 9.76. The molecule has 0 fully saturated rings. The van der Waals surface area contributed by atoms with E-state index in [1.54, 1.807) is 0 Å². The molecule has 0 atom stereocenters. The van der Waals surface area contributed by atoms with Crippen molar-refractivity contribution in [1.82, 2.24) is 0 Å². The van der Waals surface area contributed by atoms with Crippen LogP contribution in [0.5, 0.6) is 0 Å². The van der Waals surface area contributed by atoms with E-state index in [4.69, 9.17) is 14.4 Å². The van der Waals surface area contributed by atoms with Gasteiger partial charge in [-0.15, -0.1) is 0 Å². The van der Waals surface area contributed by atoms with Crippen molar-refractivity contribution in [1.29, 1.82) is 0 Å². The van der Waals surface area contributed by atoms with Gasteiger partial charge >= 0.3 is 8.80 Å². The molecule has 0 aromatic rings. The second-order valence-corrected chi connectivity index (χ2v) is 4.69. The molecule has 3 N–H and O–H groups in total. The number of thiol groups is 1. The van der Waals surface area contributed by atoms with E-state index >= 15 is 0 Å². The molecule has 6 nitrogen and oxygen atoms in total. The lowest BCUT2D eigenvalue weighted by Crippen LogP contribution is -2.34. The zero-order valence-corrected chi connectivity index (χ0v) is 7.53. The summed E-state index contributed by atoms with van der Waals surface area (Å²) >= 11 is 0. The molecule has 0 aromatic heterocycles. The quantitative estimate of drug-likeness (QED) is 0.230. The van der Waals surface area contributed by atoms with Gasteiger partial charge in [0.05, 0.1) is 6.61 Å². The smallest absolute Gasteiger partial charge is 0.390 e. The van der Waals surface area contributed by atoms with Crippen LogP contribution >= 0.6 is 0 Å². The SMILES string of the molecule is O=[SH](=O)OCCC[Si](O)(O)O. The van der Waals surface area contributed by atoms with Gasteiger partial charge in [0.1, 0.15) is 0 Å². The van der Waals surface area contributed by atoms with Gasteiger partial charge in [-0.25, -0.2) is 8.42 Å². The number of rotatable bonds is 5. The molecule has 0 unspecified atom stereocenters. The van der Waals surface area contributed by atoms with Gasteiger partial charge in [-0.05, 0) is 6.42 Å². The summed E-state index contributed by atoms with van der Waals surface area (Å²) in [5.41, 5.74) is 0. The molecule has 0 aliphatic rings. The molecule has 0 rings (SSSR count). The molecular formula is C3H10O6SSi. The Morgan fingerprint density at radius 2 is 1.82 bits per heavy atom. The largest absolute Gasteiger partial charge is 0.492 e. The van der Waals surface area contributed by atoms with Gasteiger partial charge in [0, 0.05) is 6.04 Å². The molecular weight excluding hydrogens is 192 g/mol. The minimum Gasteiger partial charge on any atom is -0.390 e. The lowest BCUT2D eigenvalue weighted by molar-refractivity contribution is 0.220. The molecule has 0 bridgehead atoms. The minimum absolute atomic E-state index is 0.110. The summed E-state index contributed by atoms with van der Waals surface area (Å²) in [6.45, 7) is -0.130. The Kier molecular flexibility index (Phi) is 4.80. The molecule has 0 aliphatic heterocycles. The van der Waals surface area contributed by atoms with Crippen molar-refractivity contribution in [3.63, 3.8) is 0 Å². The fourth-order valence-corrected chi connectivity index (χ4v) is 1.35. The van der Waals surface area contributed by atoms with Crippen LogP contribution in [0.4, 0.5) is 0 Å². The van der Waals surface area contributed by atoms with Crippen molar-refractivity contribution < 1.29 is 27.0 Å². The maximum Gasteiger partial charge on any atom is 0.492 e. The van der Waals surface area contributed by atoms with Gasteiger partial charge in [0.2, 0.25) is 0 Å². The van der Waals surface area contributed by atoms with Crippen LogP contribution in [0.25, 0.3) is 0 Å². The van der Waals surface area contributed by atoms with Crippen molar-refractivity contribution in [3.05, 3.63) is 0 Å². The second-order valence-electron chi connectivity index (χ2n) is 1.93. The van der Waals surface area contributed by atoms with Gasteiger partial charge in [-0.2, -0.15) is 0 Å². The van der Waals surface area contributed by atoms with E-state index in [9.17, 15) is 8.42 Å². The molecule has 0 aromatic carbocycles. The minimum atomic E-state index is -4.01. The van der Waals surface area contributed by atoms with E-state index in [1.807, 2.05) is 0 Å². The molecule has 0 heterocycles. The third kappa shape index (κ3) is 10.0. The van der Waals surface area contributed by atoms with E-state index < -0.39 is 19.8 Å². The summed E-state index contributed by atoms with van der Waals surface area (Å²) in [7, 11) is -6.88. The average Bonchev–Trinajstić information content (AvgIpc) is 1.78. The summed E-state index contributed by atoms with van der Waals surface area (Å²) in [5, 5.41) is 0. The number of hydrogen-bond acceptors (Lipinski definition) is 6. The van der Waals surface area contributed by atoms with E-state index in [0.717, 1.165) is 0 Å². The standard InChI is InChI=1S/C3H10O6SSi/c4-10(5)9-2-1-3-11(6,7)8/h6-8,10H,1-3H2. The summed E-state index contributed by atoms with van der Waals surface area (Å²) in [6, 6.07) is -0.212. The monoisotopic (exact) mass is 202 g/mol. The Morgan fingerprint density at radius 3 is 2.18 bits per heavy atom.